The van der Waals surface area contributed by atoms with Gasteiger partial charge in [-0.25, -0.2) is 14.8 Å². The molecule has 0 N–H and O–H groups in total. The van der Waals surface area contributed by atoms with E-state index in [-0.39, 0.29) is 11.8 Å². The number of hydrogen-bond acceptors (Lipinski definition) is 6. The van der Waals surface area contributed by atoms with Crippen LogP contribution < -0.4 is 4.74 Å². The highest BCUT2D eigenvalue weighted by molar-refractivity contribution is 5.75. The van der Waals surface area contributed by atoms with Gasteiger partial charge in [-0.1, -0.05) is 72.8 Å². The van der Waals surface area contributed by atoms with E-state index in [0.29, 0.717) is 5.69 Å². The fraction of sp³-hybridized carbons (Fsp3) is 0.133. The number of carbonyl (C=O) groups is 1. The van der Waals surface area contributed by atoms with Crippen molar-refractivity contribution in [2.45, 2.75) is 26.4 Å². The van der Waals surface area contributed by atoms with Crippen LogP contribution in [0, 0.1) is 0 Å². The first-order chi connectivity index (χ1) is 17.9. The topological polar surface area (TPSA) is 79.1 Å². The van der Waals surface area contributed by atoms with Gasteiger partial charge in [0.1, 0.15) is 5.60 Å². The number of hydrogen-bond donors (Lipinski definition) is 0. The molecule has 5 aromatic rings. The van der Waals surface area contributed by atoms with E-state index in [2.05, 4.69) is 51.5 Å². The Morgan fingerprint density at radius 2 is 1.30 bits per heavy atom. The summed E-state index contributed by atoms with van der Waals surface area (Å²) >= 11 is 0. The summed E-state index contributed by atoms with van der Waals surface area (Å²) in [5.41, 5.74) is 5.30. The van der Waals surface area contributed by atoms with Crippen LogP contribution in [0.1, 0.15) is 20.8 Å². The van der Waals surface area contributed by atoms with E-state index in [0.717, 1.165) is 22.3 Å². The van der Waals surface area contributed by atoms with Crippen LogP contribution in [-0.2, 0) is 4.74 Å². The van der Waals surface area contributed by atoms with E-state index in [1.54, 1.807) is 45.3 Å². The van der Waals surface area contributed by atoms with E-state index >= 15 is 0 Å². The number of rotatable bonds is 5. The molecule has 5 rings (SSSR count). The Kier molecular flexibility index (Phi) is 6.51. The molecule has 0 saturated heterocycles. The number of ether oxygens (including phenoxy) is 2. The van der Waals surface area contributed by atoms with Crippen molar-refractivity contribution in [3.63, 3.8) is 0 Å². The van der Waals surface area contributed by atoms with Crippen molar-refractivity contribution < 1.29 is 14.3 Å². The summed E-state index contributed by atoms with van der Waals surface area (Å²) in [6.45, 7) is 5.32. The molecule has 0 aliphatic heterocycles. The molecule has 37 heavy (non-hydrogen) atoms. The smallest absolute Gasteiger partial charge is 0.428 e. The zero-order valence-corrected chi connectivity index (χ0v) is 20.8. The van der Waals surface area contributed by atoms with E-state index in [9.17, 15) is 4.79 Å². The van der Waals surface area contributed by atoms with Crippen LogP contribution in [0.3, 0.4) is 0 Å². The van der Waals surface area contributed by atoms with Crippen molar-refractivity contribution in [3.05, 3.63) is 103 Å². The summed E-state index contributed by atoms with van der Waals surface area (Å²) in [6.07, 6.45) is 2.36. The van der Waals surface area contributed by atoms with Crippen molar-refractivity contribution in [2.75, 3.05) is 0 Å². The lowest BCUT2D eigenvalue weighted by Gasteiger charge is -2.18. The fourth-order valence-electron chi connectivity index (χ4n) is 3.82. The van der Waals surface area contributed by atoms with E-state index < -0.39 is 11.8 Å². The van der Waals surface area contributed by atoms with Crippen molar-refractivity contribution in [2.24, 2.45) is 0 Å². The van der Waals surface area contributed by atoms with Gasteiger partial charge in [0.25, 0.3) is 5.95 Å². The Morgan fingerprint density at radius 1 is 0.703 bits per heavy atom. The molecule has 2 heterocycles. The highest BCUT2D eigenvalue weighted by Gasteiger charge is 2.22. The van der Waals surface area contributed by atoms with Crippen LogP contribution in [0.15, 0.2) is 103 Å². The van der Waals surface area contributed by atoms with Gasteiger partial charge in [0.2, 0.25) is 5.88 Å². The van der Waals surface area contributed by atoms with Crippen molar-refractivity contribution in [3.8, 4) is 45.3 Å². The fourth-order valence-corrected chi connectivity index (χ4v) is 3.82. The average molecular weight is 491 g/mol. The zero-order chi connectivity index (χ0) is 25.8. The minimum atomic E-state index is -0.829. The molecule has 2 aromatic heterocycles. The summed E-state index contributed by atoms with van der Waals surface area (Å²) in [6, 6.07) is 30.2. The first-order valence-corrected chi connectivity index (χ1v) is 11.9. The maximum absolute atomic E-state index is 12.4. The third-order valence-corrected chi connectivity index (χ3v) is 5.48. The first kappa shape index (κ1) is 23.9. The average Bonchev–Trinajstić information content (AvgIpc) is 3.32. The normalized spacial score (nSPS) is 11.2. The van der Waals surface area contributed by atoms with E-state index in [4.69, 9.17) is 9.47 Å². The highest BCUT2D eigenvalue weighted by atomic mass is 16.7. The largest absolute Gasteiger partial charge is 0.515 e. The van der Waals surface area contributed by atoms with Gasteiger partial charge in [0.15, 0.2) is 0 Å². The first-order valence-electron chi connectivity index (χ1n) is 11.9. The summed E-state index contributed by atoms with van der Waals surface area (Å²) in [7, 11) is 0. The van der Waals surface area contributed by atoms with Crippen molar-refractivity contribution in [1.29, 1.82) is 0 Å². The number of aromatic nitrogens is 4. The molecular weight excluding hydrogens is 464 g/mol. The Hall–Kier alpha value is -4.78. The van der Waals surface area contributed by atoms with Crippen molar-refractivity contribution >= 4 is 6.16 Å². The quantitative estimate of drug-likeness (QED) is 0.247. The van der Waals surface area contributed by atoms with Gasteiger partial charge in [-0.3, -0.25) is 0 Å². The highest BCUT2D eigenvalue weighted by Crippen LogP contribution is 2.30. The van der Waals surface area contributed by atoms with Gasteiger partial charge >= 0.3 is 6.16 Å². The molecule has 3 aromatic carbocycles. The second kappa shape index (κ2) is 10.1. The lowest BCUT2D eigenvalue weighted by atomic mass is 9.98. The Morgan fingerprint density at radius 3 is 1.95 bits per heavy atom. The number of benzene rings is 3. The van der Waals surface area contributed by atoms with Crippen LogP contribution in [0.5, 0.6) is 5.88 Å². The van der Waals surface area contributed by atoms with Gasteiger partial charge in [-0.2, -0.15) is 9.78 Å². The molecule has 0 unspecified atom stereocenters. The molecule has 0 radical (unpaired) electrons. The molecular formula is C30H26N4O3. The Balaban J connectivity index is 1.44. The standard InChI is InChI=1S/C30H26N4O3/c1-30(2,3)37-29(35)36-27-20-26(33-34(27)28-31-17-8-18-32-28)23-15-13-22(14-16-23)25-12-7-11-24(19-25)21-9-5-4-6-10-21/h4-20H,1-3H3. The monoisotopic (exact) mass is 490 g/mol. The molecule has 0 spiro atoms. The SMILES string of the molecule is CC(C)(C)OC(=O)Oc1cc(-c2ccc(-c3cccc(-c4ccccc4)c3)cc2)nn1-c1ncccn1. The second-order valence-corrected chi connectivity index (χ2v) is 9.42. The van der Waals surface area contributed by atoms with Gasteiger partial charge < -0.3 is 9.47 Å². The van der Waals surface area contributed by atoms with E-state index in [1.165, 1.54) is 10.2 Å². The number of nitrogens with zero attached hydrogens (tertiary/aromatic N) is 4. The lowest BCUT2D eigenvalue weighted by molar-refractivity contribution is 0.0191. The minimum Gasteiger partial charge on any atom is -0.428 e. The molecule has 0 amide bonds. The van der Waals surface area contributed by atoms with Crippen LogP contribution in [-0.4, -0.2) is 31.5 Å². The van der Waals surface area contributed by atoms with Gasteiger partial charge in [-0.15, -0.1) is 0 Å². The minimum absolute atomic E-state index is 0.162. The third-order valence-electron chi connectivity index (χ3n) is 5.48. The van der Waals surface area contributed by atoms with Crippen LogP contribution in [0.25, 0.3) is 39.5 Å². The molecule has 0 bridgehead atoms. The third kappa shape index (κ3) is 5.73. The molecule has 7 heteroatoms. The lowest BCUT2D eigenvalue weighted by Crippen LogP contribution is -2.26. The van der Waals surface area contributed by atoms with Crippen LogP contribution in [0.4, 0.5) is 4.79 Å². The summed E-state index contributed by atoms with van der Waals surface area (Å²) in [5.74, 6) is 0.441. The maximum atomic E-state index is 12.4. The Labute approximate surface area is 215 Å². The van der Waals surface area contributed by atoms with E-state index in [1.807, 2.05) is 42.5 Å². The van der Waals surface area contributed by atoms with Crippen molar-refractivity contribution in [1.82, 2.24) is 19.7 Å². The predicted molar refractivity (Wildman–Crippen MR) is 142 cm³/mol. The van der Waals surface area contributed by atoms with Gasteiger partial charge in [0.05, 0.1) is 5.69 Å². The number of carbonyl (C=O) groups excluding carboxylic acids is 1. The predicted octanol–water partition coefficient (Wildman–Crippen LogP) is 6.98. The molecule has 0 fully saturated rings. The summed E-state index contributed by atoms with van der Waals surface area (Å²) in [4.78, 5) is 20.8. The van der Waals surface area contributed by atoms with Gasteiger partial charge in [0, 0.05) is 24.0 Å². The molecule has 0 aliphatic rings. The van der Waals surface area contributed by atoms with Crippen LogP contribution in [0.2, 0.25) is 0 Å². The van der Waals surface area contributed by atoms with Gasteiger partial charge in [-0.05, 0) is 55.2 Å². The molecule has 0 atom stereocenters. The molecule has 0 saturated carbocycles. The summed E-state index contributed by atoms with van der Waals surface area (Å²) in [5, 5.41) is 4.62. The zero-order valence-electron chi connectivity index (χ0n) is 20.8. The van der Waals surface area contributed by atoms with Crippen LogP contribution >= 0.6 is 0 Å². The molecule has 7 nitrogen and oxygen atoms in total. The second-order valence-electron chi connectivity index (χ2n) is 9.42. The molecule has 184 valence electrons. The summed E-state index contributed by atoms with van der Waals surface area (Å²) < 4.78 is 12.2. The molecule has 0 aliphatic carbocycles. The Bertz CT molecular complexity index is 1510. The maximum Gasteiger partial charge on any atom is 0.515 e.